The molecule has 0 aromatic heterocycles. The van der Waals surface area contributed by atoms with Gasteiger partial charge in [0.2, 0.25) is 20.0 Å². The van der Waals surface area contributed by atoms with E-state index in [2.05, 4.69) is 9.44 Å². The van der Waals surface area contributed by atoms with Crippen LogP contribution in [0.15, 0.2) is 29.2 Å². The van der Waals surface area contributed by atoms with Crippen LogP contribution in [0.5, 0.6) is 0 Å². The number of rotatable bonds is 7. The maximum atomic E-state index is 12.0. The first kappa shape index (κ1) is 15.3. The molecule has 0 bridgehead atoms. The monoisotopic (exact) mass is 318 g/mol. The van der Waals surface area contributed by atoms with Crippen LogP contribution in [0.2, 0.25) is 0 Å². The van der Waals surface area contributed by atoms with E-state index in [4.69, 9.17) is 0 Å². The van der Waals surface area contributed by atoms with Crippen LogP contribution in [0.25, 0.3) is 0 Å². The molecule has 2 N–H and O–H groups in total. The zero-order valence-corrected chi connectivity index (χ0v) is 12.8. The average molecular weight is 318 g/mol. The lowest BCUT2D eigenvalue weighted by molar-refractivity contribution is 0.580. The van der Waals surface area contributed by atoms with E-state index in [1.54, 1.807) is 6.92 Å². The van der Waals surface area contributed by atoms with Gasteiger partial charge in [-0.2, -0.15) is 0 Å². The van der Waals surface area contributed by atoms with E-state index in [-0.39, 0.29) is 22.4 Å². The molecular weight excluding hydrogens is 300 g/mol. The second kappa shape index (κ2) is 5.71. The summed E-state index contributed by atoms with van der Waals surface area (Å²) in [5.41, 5.74) is 0.261. The van der Waals surface area contributed by atoms with E-state index < -0.39 is 20.0 Å². The molecule has 2 rings (SSSR count). The summed E-state index contributed by atoms with van der Waals surface area (Å²) in [7, 11) is -7.00. The first-order valence-corrected chi connectivity index (χ1v) is 9.59. The standard InChI is InChI=1S/C12H18N2O4S2/c1-2-8-19(15,16)13-11-4-3-5-12(9-11)20(17,18)14-10-6-7-10/h3-5,9-10,13-14H,2,6-8H2,1H3. The Morgan fingerprint density at radius 3 is 2.50 bits per heavy atom. The Labute approximate surface area is 119 Å². The third-order valence-corrected chi connectivity index (χ3v) is 5.80. The summed E-state index contributed by atoms with van der Waals surface area (Å²) in [6.07, 6.45) is 2.20. The first-order chi connectivity index (χ1) is 9.32. The predicted molar refractivity (Wildman–Crippen MR) is 77.5 cm³/mol. The molecule has 0 unspecified atom stereocenters. The number of benzene rings is 1. The molecule has 0 heterocycles. The van der Waals surface area contributed by atoms with Crippen molar-refractivity contribution in [1.82, 2.24) is 4.72 Å². The second-order valence-electron chi connectivity index (χ2n) is 4.84. The Morgan fingerprint density at radius 2 is 1.90 bits per heavy atom. The van der Waals surface area contributed by atoms with Crippen molar-refractivity contribution < 1.29 is 16.8 Å². The van der Waals surface area contributed by atoms with Gasteiger partial charge in [-0.25, -0.2) is 21.6 Å². The van der Waals surface area contributed by atoms with Gasteiger partial charge in [-0.05, 0) is 37.5 Å². The highest BCUT2D eigenvalue weighted by Crippen LogP contribution is 2.23. The SMILES string of the molecule is CCCS(=O)(=O)Nc1cccc(S(=O)(=O)NC2CC2)c1. The van der Waals surface area contributed by atoms with E-state index >= 15 is 0 Å². The summed E-state index contributed by atoms with van der Waals surface area (Å²) in [5, 5.41) is 0. The summed E-state index contributed by atoms with van der Waals surface area (Å²) in [6.45, 7) is 1.76. The van der Waals surface area contributed by atoms with Crippen LogP contribution in [0.4, 0.5) is 5.69 Å². The van der Waals surface area contributed by atoms with Gasteiger partial charge >= 0.3 is 0 Å². The van der Waals surface area contributed by atoms with Gasteiger partial charge in [0.05, 0.1) is 10.6 Å². The van der Waals surface area contributed by atoms with Crippen molar-refractivity contribution in [3.8, 4) is 0 Å². The highest BCUT2D eigenvalue weighted by atomic mass is 32.2. The Balaban J connectivity index is 2.19. The predicted octanol–water partition coefficient (Wildman–Crippen LogP) is 1.28. The fraction of sp³-hybridized carbons (Fsp3) is 0.500. The van der Waals surface area contributed by atoms with Crippen LogP contribution in [0.3, 0.4) is 0 Å². The largest absolute Gasteiger partial charge is 0.284 e. The van der Waals surface area contributed by atoms with Crippen molar-refractivity contribution in [3.63, 3.8) is 0 Å². The number of hydrogen-bond acceptors (Lipinski definition) is 4. The lowest BCUT2D eigenvalue weighted by Crippen LogP contribution is -2.25. The van der Waals surface area contributed by atoms with Gasteiger partial charge < -0.3 is 0 Å². The molecule has 0 saturated heterocycles. The molecule has 1 fully saturated rings. The minimum atomic E-state index is -3.57. The molecule has 6 nitrogen and oxygen atoms in total. The van der Waals surface area contributed by atoms with Crippen molar-refractivity contribution in [2.24, 2.45) is 0 Å². The molecule has 1 aromatic carbocycles. The van der Waals surface area contributed by atoms with Gasteiger partial charge in [0.1, 0.15) is 0 Å². The minimum absolute atomic E-state index is 0.00427. The molecule has 1 aliphatic carbocycles. The van der Waals surface area contributed by atoms with Gasteiger partial charge in [-0.1, -0.05) is 13.0 Å². The molecule has 1 aromatic rings. The molecule has 0 aliphatic heterocycles. The number of sulfonamides is 2. The van der Waals surface area contributed by atoms with E-state index in [1.807, 2.05) is 0 Å². The summed E-state index contributed by atoms with van der Waals surface area (Å²) in [6, 6.07) is 5.84. The van der Waals surface area contributed by atoms with Crippen LogP contribution >= 0.6 is 0 Å². The van der Waals surface area contributed by atoms with E-state index in [1.165, 1.54) is 24.3 Å². The zero-order chi connectivity index (χ0) is 14.8. The summed E-state index contributed by atoms with van der Waals surface area (Å²) in [5.74, 6) is 0.00427. The fourth-order valence-corrected chi connectivity index (χ4v) is 4.19. The van der Waals surface area contributed by atoms with E-state index in [0.29, 0.717) is 6.42 Å². The first-order valence-electron chi connectivity index (χ1n) is 6.45. The number of nitrogens with one attached hydrogen (secondary N) is 2. The molecule has 0 atom stereocenters. The maximum Gasteiger partial charge on any atom is 0.240 e. The Hall–Kier alpha value is -1.12. The topological polar surface area (TPSA) is 92.3 Å². The van der Waals surface area contributed by atoms with Crippen LogP contribution in [-0.4, -0.2) is 28.6 Å². The fourth-order valence-electron chi connectivity index (χ4n) is 1.71. The molecule has 20 heavy (non-hydrogen) atoms. The van der Waals surface area contributed by atoms with E-state index in [0.717, 1.165) is 12.8 Å². The smallest absolute Gasteiger partial charge is 0.240 e. The molecule has 112 valence electrons. The van der Waals surface area contributed by atoms with Crippen LogP contribution in [0.1, 0.15) is 26.2 Å². The summed E-state index contributed by atoms with van der Waals surface area (Å²) < 4.78 is 52.4. The molecule has 1 aliphatic rings. The van der Waals surface area contributed by atoms with Crippen molar-refractivity contribution >= 4 is 25.7 Å². The summed E-state index contributed by atoms with van der Waals surface area (Å²) >= 11 is 0. The minimum Gasteiger partial charge on any atom is -0.284 e. The third kappa shape index (κ3) is 4.19. The second-order valence-corrected chi connectivity index (χ2v) is 8.40. The molecule has 0 radical (unpaired) electrons. The Morgan fingerprint density at radius 1 is 1.20 bits per heavy atom. The van der Waals surface area contributed by atoms with Crippen LogP contribution in [-0.2, 0) is 20.0 Å². The van der Waals surface area contributed by atoms with Crippen molar-refractivity contribution in [2.45, 2.75) is 37.1 Å². The lowest BCUT2D eigenvalue weighted by Gasteiger charge is -2.09. The zero-order valence-electron chi connectivity index (χ0n) is 11.2. The highest BCUT2D eigenvalue weighted by molar-refractivity contribution is 7.92. The normalized spacial score (nSPS) is 16.1. The van der Waals surface area contributed by atoms with Gasteiger partial charge in [0, 0.05) is 11.7 Å². The number of anilines is 1. The van der Waals surface area contributed by atoms with Crippen molar-refractivity contribution in [3.05, 3.63) is 24.3 Å². The Kier molecular flexibility index (Phi) is 4.36. The Bertz CT molecular complexity index is 679. The van der Waals surface area contributed by atoms with E-state index in [9.17, 15) is 16.8 Å². The van der Waals surface area contributed by atoms with Crippen molar-refractivity contribution in [2.75, 3.05) is 10.5 Å². The number of hydrogen-bond donors (Lipinski definition) is 2. The quantitative estimate of drug-likeness (QED) is 0.792. The average Bonchev–Trinajstić information content (AvgIpc) is 3.11. The molecular formula is C12H18N2O4S2. The van der Waals surface area contributed by atoms with Gasteiger partial charge in [0.25, 0.3) is 0 Å². The molecule has 0 amide bonds. The van der Waals surface area contributed by atoms with Gasteiger partial charge in [-0.15, -0.1) is 0 Å². The molecule has 1 saturated carbocycles. The van der Waals surface area contributed by atoms with Crippen molar-refractivity contribution in [1.29, 1.82) is 0 Å². The third-order valence-electron chi connectivity index (χ3n) is 2.79. The summed E-state index contributed by atoms with van der Waals surface area (Å²) in [4.78, 5) is 0.0705. The lowest BCUT2D eigenvalue weighted by atomic mass is 10.3. The highest BCUT2D eigenvalue weighted by Gasteiger charge is 2.28. The van der Waals surface area contributed by atoms with Crippen LogP contribution < -0.4 is 9.44 Å². The molecule has 8 heteroatoms. The maximum absolute atomic E-state index is 12.0. The molecule has 0 spiro atoms. The van der Waals surface area contributed by atoms with Gasteiger partial charge in [0.15, 0.2) is 0 Å². The van der Waals surface area contributed by atoms with Gasteiger partial charge in [-0.3, -0.25) is 4.72 Å². The van der Waals surface area contributed by atoms with Crippen LogP contribution in [0, 0.1) is 0 Å².